The second-order valence-electron chi connectivity index (χ2n) is 5.69. The van der Waals surface area contributed by atoms with Crippen LogP contribution in [0.25, 0.3) is 0 Å². The van der Waals surface area contributed by atoms with Gasteiger partial charge in [-0.3, -0.25) is 0 Å². The lowest BCUT2D eigenvalue weighted by Crippen LogP contribution is -2.31. The van der Waals surface area contributed by atoms with Crippen LogP contribution in [0.4, 0.5) is 11.4 Å². The summed E-state index contributed by atoms with van der Waals surface area (Å²) in [7, 11) is 0. The van der Waals surface area contributed by atoms with Crippen molar-refractivity contribution in [3.63, 3.8) is 0 Å². The van der Waals surface area contributed by atoms with Gasteiger partial charge in [-0.15, -0.1) is 0 Å². The molecule has 1 aliphatic rings. The molecule has 98 valence electrons. The van der Waals surface area contributed by atoms with E-state index < -0.39 is 5.97 Å². The quantitative estimate of drug-likeness (QED) is 0.719. The van der Waals surface area contributed by atoms with Gasteiger partial charge in [0.15, 0.2) is 0 Å². The number of aromatic carboxylic acids is 1. The van der Waals surface area contributed by atoms with E-state index in [-0.39, 0.29) is 11.0 Å². The number of carbonyl (C=O) groups is 1. The lowest BCUT2D eigenvalue weighted by atomic mass is 9.87. The van der Waals surface area contributed by atoms with E-state index in [2.05, 4.69) is 19.2 Å². The second kappa shape index (κ2) is 4.52. The zero-order valence-corrected chi connectivity index (χ0v) is 10.9. The summed E-state index contributed by atoms with van der Waals surface area (Å²) < 4.78 is 0. The van der Waals surface area contributed by atoms with E-state index >= 15 is 0 Å². The van der Waals surface area contributed by atoms with Gasteiger partial charge < -0.3 is 16.2 Å². The number of rotatable bonds is 3. The Kier molecular flexibility index (Phi) is 3.20. The summed E-state index contributed by atoms with van der Waals surface area (Å²) in [5.41, 5.74) is 7.42. The summed E-state index contributed by atoms with van der Waals surface area (Å²) in [5, 5.41) is 12.5. The largest absolute Gasteiger partial charge is 0.478 e. The maximum Gasteiger partial charge on any atom is 0.337 e. The van der Waals surface area contributed by atoms with Crippen LogP contribution in [0.5, 0.6) is 0 Å². The molecule has 1 atom stereocenters. The van der Waals surface area contributed by atoms with Crippen molar-refractivity contribution in [2.45, 2.75) is 39.2 Å². The highest BCUT2D eigenvalue weighted by atomic mass is 16.4. The number of carboxylic acid groups (broad SMARTS) is 1. The van der Waals surface area contributed by atoms with Gasteiger partial charge in [-0.2, -0.15) is 0 Å². The molecule has 1 aromatic carbocycles. The summed E-state index contributed by atoms with van der Waals surface area (Å²) in [6.07, 6.45) is 3.41. The van der Waals surface area contributed by atoms with Crippen LogP contribution < -0.4 is 11.1 Å². The van der Waals surface area contributed by atoms with Crippen molar-refractivity contribution in [3.05, 3.63) is 23.8 Å². The minimum atomic E-state index is -0.923. The Morgan fingerprint density at radius 1 is 1.50 bits per heavy atom. The van der Waals surface area contributed by atoms with Gasteiger partial charge in [0.2, 0.25) is 0 Å². The lowest BCUT2D eigenvalue weighted by molar-refractivity contribution is 0.0698. The number of benzene rings is 1. The highest BCUT2D eigenvalue weighted by Gasteiger charge is 2.34. The van der Waals surface area contributed by atoms with Crippen molar-refractivity contribution in [2.24, 2.45) is 5.41 Å². The van der Waals surface area contributed by atoms with Gasteiger partial charge in [0.1, 0.15) is 0 Å². The molecular formula is C14H20N2O2. The van der Waals surface area contributed by atoms with E-state index in [1.807, 2.05) is 0 Å². The summed E-state index contributed by atoms with van der Waals surface area (Å²) in [6.45, 7) is 4.43. The van der Waals surface area contributed by atoms with Crippen molar-refractivity contribution in [1.82, 2.24) is 0 Å². The molecule has 0 radical (unpaired) electrons. The summed E-state index contributed by atoms with van der Waals surface area (Å²) >= 11 is 0. The maximum atomic E-state index is 11.2. The van der Waals surface area contributed by atoms with Gasteiger partial charge in [0.05, 0.1) is 11.3 Å². The maximum absolute atomic E-state index is 11.2. The number of carboxylic acids is 1. The summed E-state index contributed by atoms with van der Waals surface area (Å²) in [5.74, 6) is -0.923. The molecule has 4 nitrogen and oxygen atoms in total. The number of nitrogen functional groups attached to an aromatic ring is 1. The summed E-state index contributed by atoms with van der Waals surface area (Å²) in [4.78, 5) is 11.2. The first-order chi connectivity index (χ1) is 8.40. The van der Waals surface area contributed by atoms with Crippen LogP contribution in [0.1, 0.15) is 43.5 Å². The highest BCUT2D eigenvalue weighted by molar-refractivity contribution is 5.95. The number of nitrogens with two attached hydrogens (primary N) is 1. The van der Waals surface area contributed by atoms with Crippen LogP contribution in [0, 0.1) is 5.41 Å². The van der Waals surface area contributed by atoms with Crippen molar-refractivity contribution in [2.75, 3.05) is 11.1 Å². The van der Waals surface area contributed by atoms with Crippen molar-refractivity contribution < 1.29 is 9.90 Å². The standard InChI is InChI=1S/C14H20N2O2/c1-14(2)7-3-4-12(14)16-11-8-9(15)5-6-10(11)13(17)18/h5-6,8,12,16H,3-4,7,15H2,1-2H3,(H,17,18). The van der Waals surface area contributed by atoms with E-state index in [1.165, 1.54) is 6.42 Å². The van der Waals surface area contributed by atoms with E-state index in [9.17, 15) is 9.90 Å². The molecule has 0 amide bonds. The first-order valence-corrected chi connectivity index (χ1v) is 6.29. The molecule has 0 spiro atoms. The van der Waals surface area contributed by atoms with Crippen LogP contribution >= 0.6 is 0 Å². The number of anilines is 2. The summed E-state index contributed by atoms with van der Waals surface area (Å²) in [6, 6.07) is 5.19. The zero-order chi connectivity index (χ0) is 13.3. The molecule has 4 N–H and O–H groups in total. The lowest BCUT2D eigenvalue weighted by Gasteiger charge is -2.29. The first kappa shape index (κ1) is 12.7. The third-order valence-electron chi connectivity index (χ3n) is 3.86. The van der Waals surface area contributed by atoms with Crippen molar-refractivity contribution in [1.29, 1.82) is 0 Å². The fourth-order valence-corrected chi connectivity index (χ4v) is 2.65. The average molecular weight is 248 g/mol. The third-order valence-corrected chi connectivity index (χ3v) is 3.86. The van der Waals surface area contributed by atoms with Crippen LogP contribution in [-0.4, -0.2) is 17.1 Å². The van der Waals surface area contributed by atoms with Gasteiger partial charge in [-0.1, -0.05) is 20.3 Å². The molecule has 18 heavy (non-hydrogen) atoms. The Morgan fingerprint density at radius 2 is 2.22 bits per heavy atom. The Bertz CT molecular complexity index is 469. The Morgan fingerprint density at radius 3 is 2.78 bits per heavy atom. The van der Waals surface area contributed by atoms with Crippen molar-refractivity contribution >= 4 is 17.3 Å². The van der Waals surface area contributed by atoms with E-state index in [0.717, 1.165) is 12.8 Å². The molecule has 1 aromatic rings. The molecule has 1 saturated carbocycles. The highest BCUT2D eigenvalue weighted by Crippen LogP contribution is 2.39. The Balaban J connectivity index is 2.28. The zero-order valence-electron chi connectivity index (χ0n) is 10.9. The smallest absolute Gasteiger partial charge is 0.337 e. The van der Waals surface area contributed by atoms with Crippen LogP contribution in [0.15, 0.2) is 18.2 Å². The van der Waals surface area contributed by atoms with E-state index in [1.54, 1.807) is 18.2 Å². The van der Waals surface area contributed by atoms with Crippen LogP contribution in [0.2, 0.25) is 0 Å². The fourth-order valence-electron chi connectivity index (χ4n) is 2.65. The predicted molar refractivity (Wildman–Crippen MR) is 72.9 cm³/mol. The van der Waals surface area contributed by atoms with Crippen LogP contribution in [0.3, 0.4) is 0 Å². The van der Waals surface area contributed by atoms with E-state index in [4.69, 9.17) is 5.73 Å². The topological polar surface area (TPSA) is 75.3 Å². The average Bonchev–Trinajstić information content (AvgIpc) is 2.58. The van der Waals surface area contributed by atoms with Gasteiger partial charge in [-0.25, -0.2) is 4.79 Å². The fraction of sp³-hybridized carbons (Fsp3) is 0.500. The Labute approximate surface area is 107 Å². The van der Waals surface area contributed by atoms with Gasteiger partial charge in [0, 0.05) is 11.7 Å². The molecule has 0 saturated heterocycles. The molecule has 4 heteroatoms. The molecule has 1 fully saturated rings. The SMILES string of the molecule is CC1(C)CCCC1Nc1cc(N)ccc1C(=O)O. The van der Waals surface area contributed by atoms with Gasteiger partial charge >= 0.3 is 5.97 Å². The Hall–Kier alpha value is -1.71. The molecule has 0 bridgehead atoms. The van der Waals surface area contributed by atoms with Gasteiger partial charge in [-0.05, 0) is 36.5 Å². The number of hydrogen-bond acceptors (Lipinski definition) is 3. The normalized spacial score (nSPS) is 21.8. The van der Waals surface area contributed by atoms with Crippen molar-refractivity contribution in [3.8, 4) is 0 Å². The molecule has 1 unspecified atom stereocenters. The minimum Gasteiger partial charge on any atom is -0.478 e. The molecule has 2 rings (SSSR count). The number of hydrogen-bond donors (Lipinski definition) is 3. The molecule has 1 aliphatic carbocycles. The third kappa shape index (κ3) is 2.42. The number of nitrogens with one attached hydrogen (secondary N) is 1. The predicted octanol–water partition coefficient (Wildman–Crippen LogP) is 2.96. The van der Waals surface area contributed by atoms with Gasteiger partial charge in [0.25, 0.3) is 0 Å². The first-order valence-electron chi connectivity index (χ1n) is 6.29. The molecule has 0 heterocycles. The molecule has 0 aromatic heterocycles. The van der Waals surface area contributed by atoms with Crippen LogP contribution in [-0.2, 0) is 0 Å². The monoisotopic (exact) mass is 248 g/mol. The minimum absolute atomic E-state index is 0.195. The molecule has 0 aliphatic heterocycles. The molecular weight excluding hydrogens is 228 g/mol. The second-order valence-corrected chi connectivity index (χ2v) is 5.69. The van der Waals surface area contributed by atoms with E-state index in [0.29, 0.717) is 17.4 Å².